The van der Waals surface area contributed by atoms with Gasteiger partial charge in [0.25, 0.3) is 11.8 Å². The van der Waals surface area contributed by atoms with Crippen LogP contribution in [0, 0.1) is 13.8 Å². The second-order valence-corrected chi connectivity index (χ2v) is 5.60. The number of hydrogen-bond acceptors (Lipinski definition) is 4. The number of aliphatic hydroxyl groups excluding tert-OH is 1. The van der Waals surface area contributed by atoms with Gasteiger partial charge in [-0.05, 0) is 36.6 Å². The van der Waals surface area contributed by atoms with Gasteiger partial charge in [0.05, 0.1) is 12.1 Å². The van der Waals surface area contributed by atoms with Crippen LogP contribution in [0.15, 0.2) is 48.5 Å². The van der Waals surface area contributed by atoms with Crippen LogP contribution in [-0.2, 0) is 16.1 Å². The molecule has 1 N–H and O–H groups in total. The first-order valence-corrected chi connectivity index (χ1v) is 7.25. The van der Waals surface area contributed by atoms with Gasteiger partial charge in [-0.15, -0.1) is 0 Å². The zero-order valence-corrected chi connectivity index (χ0v) is 12.9. The van der Waals surface area contributed by atoms with E-state index in [4.69, 9.17) is 0 Å². The van der Waals surface area contributed by atoms with Crippen LogP contribution in [0.4, 0.5) is 0 Å². The van der Waals surface area contributed by atoms with Crippen LogP contribution in [0.3, 0.4) is 0 Å². The molecular formula is C18H16N2O3. The molecule has 0 unspecified atom stereocenters. The zero-order valence-electron chi connectivity index (χ0n) is 12.9. The summed E-state index contributed by atoms with van der Waals surface area (Å²) in [6.07, 6.45) is 3.21. The summed E-state index contributed by atoms with van der Waals surface area (Å²) in [5, 5.41) is 10.2. The van der Waals surface area contributed by atoms with Gasteiger partial charge in [0.1, 0.15) is 0 Å². The summed E-state index contributed by atoms with van der Waals surface area (Å²) >= 11 is 0. The van der Waals surface area contributed by atoms with Crippen molar-refractivity contribution in [2.45, 2.75) is 20.4 Å². The Kier molecular flexibility index (Phi) is 3.70. The molecule has 0 spiro atoms. The molecule has 116 valence electrons. The maximum absolute atomic E-state index is 12.6. The number of carbonyl (C=O) groups is 2. The SMILES string of the molecule is Cc1ccc(C2=C(O)C(=O)N(Cc3cccnc3)C2=O)c(C)c1. The lowest BCUT2D eigenvalue weighted by atomic mass is 9.98. The number of imide groups is 1. The van der Waals surface area contributed by atoms with Crippen molar-refractivity contribution in [3.8, 4) is 0 Å². The number of pyridine rings is 1. The molecule has 1 aromatic heterocycles. The second kappa shape index (κ2) is 5.68. The van der Waals surface area contributed by atoms with Crippen LogP contribution < -0.4 is 0 Å². The number of aryl methyl sites for hydroxylation is 2. The fourth-order valence-electron chi connectivity index (χ4n) is 2.72. The van der Waals surface area contributed by atoms with Gasteiger partial charge in [-0.1, -0.05) is 29.8 Å². The van der Waals surface area contributed by atoms with Gasteiger partial charge in [0.15, 0.2) is 5.76 Å². The Morgan fingerprint density at radius 3 is 2.57 bits per heavy atom. The molecule has 0 fully saturated rings. The summed E-state index contributed by atoms with van der Waals surface area (Å²) in [6.45, 7) is 3.88. The van der Waals surface area contributed by atoms with E-state index in [0.717, 1.165) is 21.6 Å². The van der Waals surface area contributed by atoms with E-state index >= 15 is 0 Å². The number of benzene rings is 1. The predicted octanol–water partition coefficient (Wildman–Crippen LogP) is 2.54. The van der Waals surface area contributed by atoms with E-state index in [0.29, 0.717) is 5.56 Å². The maximum Gasteiger partial charge on any atom is 0.296 e. The normalized spacial score (nSPS) is 14.8. The number of hydrogen-bond donors (Lipinski definition) is 1. The molecule has 1 aliphatic rings. The zero-order chi connectivity index (χ0) is 16.6. The van der Waals surface area contributed by atoms with Crippen LogP contribution in [0.25, 0.3) is 5.57 Å². The summed E-state index contributed by atoms with van der Waals surface area (Å²) in [5.74, 6) is -1.65. The number of aromatic nitrogens is 1. The number of nitrogens with zero attached hydrogens (tertiary/aromatic N) is 2. The molecule has 1 aliphatic heterocycles. The molecule has 0 atom stereocenters. The molecule has 0 saturated heterocycles. The maximum atomic E-state index is 12.6. The monoisotopic (exact) mass is 308 g/mol. The Morgan fingerprint density at radius 1 is 1.13 bits per heavy atom. The van der Waals surface area contributed by atoms with Crippen molar-refractivity contribution in [2.24, 2.45) is 0 Å². The second-order valence-electron chi connectivity index (χ2n) is 5.60. The van der Waals surface area contributed by atoms with E-state index in [-0.39, 0.29) is 12.1 Å². The third kappa shape index (κ3) is 2.61. The lowest BCUT2D eigenvalue weighted by Crippen LogP contribution is -2.31. The molecule has 2 amide bonds. The molecule has 1 aromatic carbocycles. The van der Waals surface area contributed by atoms with Gasteiger partial charge in [0, 0.05) is 12.4 Å². The summed E-state index contributed by atoms with van der Waals surface area (Å²) in [4.78, 5) is 29.9. The van der Waals surface area contributed by atoms with E-state index in [1.165, 1.54) is 0 Å². The van der Waals surface area contributed by atoms with Gasteiger partial charge in [0.2, 0.25) is 0 Å². The number of rotatable bonds is 3. The minimum absolute atomic E-state index is 0.0661. The van der Waals surface area contributed by atoms with Crippen LogP contribution in [0.1, 0.15) is 22.3 Å². The molecule has 5 nitrogen and oxygen atoms in total. The smallest absolute Gasteiger partial charge is 0.296 e. The van der Waals surface area contributed by atoms with Crippen molar-refractivity contribution < 1.29 is 14.7 Å². The van der Waals surface area contributed by atoms with Crippen LogP contribution in [0.5, 0.6) is 0 Å². The van der Waals surface area contributed by atoms with Crippen molar-refractivity contribution in [1.82, 2.24) is 9.88 Å². The van der Waals surface area contributed by atoms with Gasteiger partial charge in [-0.25, -0.2) is 0 Å². The molecule has 2 aromatic rings. The first-order valence-electron chi connectivity index (χ1n) is 7.25. The van der Waals surface area contributed by atoms with Crippen LogP contribution in [0.2, 0.25) is 0 Å². The molecule has 5 heteroatoms. The van der Waals surface area contributed by atoms with Crippen molar-refractivity contribution >= 4 is 17.4 Å². The highest BCUT2D eigenvalue weighted by Gasteiger charge is 2.39. The minimum Gasteiger partial charge on any atom is -0.502 e. The van der Waals surface area contributed by atoms with Crippen molar-refractivity contribution in [3.63, 3.8) is 0 Å². The lowest BCUT2D eigenvalue weighted by Gasteiger charge is -2.14. The Labute approximate surface area is 133 Å². The predicted molar refractivity (Wildman–Crippen MR) is 85.3 cm³/mol. The molecular weight excluding hydrogens is 292 g/mol. The Morgan fingerprint density at radius 2 is 1.91 bits per heavy atom. The minimum atomic E-state index is -0.672. The molecule has 3 rings (SSSR count). The average Bonchev–Trinajstić information content (AvgIpc) is 2.73. The van der Waals surface area contributed by atoms with E-state index in [1.807, 2.05) is 26.0 Å². The Bertz CT molecular complexity index is 825. The first-order chi connectivity index (χ1) is 11.0. The third-order valence-corrected chi connectivity index (χ3v) is 3.86. The highest BCUT2D eigenvalue weighted by Crippen LogP contribution is 2.31. The molecule has 23 heavy (non-hydrogen) atoms. The average molecular weight is 308 g/mol. The van der Waals surface area contributed by atoms with E-state index in [2.05, 4.69) is 4.98 Å². The van der Waals surface area contributed by atoms with E-state index in [9.17, 15) is 14.7 Å². The highest BCUT2D eigenvalue weighted by atomic mass is 16.3. The Balaban J connectivity index is 1.96. The van der Waals surface area contributed by atoms with E-state index < -0.39 is 17.6 Å². The van der Waals surface area contributed by atoms with Gasteiger partial charge in [-0.3, -0.25) is 19.5 Å². The fraction of sp³-hybridized carbons (Fsp3) is 0.167. The molecule has 0 aliphatic carbocycles. The topological polar surface area (TPSA) is 70.5 Å². The summed E-state index contributed by atoms with van der Waals surface area (Å²) in [7, 11) is 0. The molecule has 2 heterocycles. The highest BCUT2D eigenvalue weighted by molar-refractivity contribution is 6.35. The van der Waals surface area contributed by atoms with Crippen LogP contribution in [-0.4, -0.2) is 26.8 Å². The quantitative estimate of drug-likeness (QED) is 0.885. The van der Waals surface area contributed by atoms with Crippen LogP contribution >= 0.6 is 0 Å². The van der Waals surface area contributed by atoms with Crippen molar-refractivity contribution in [1.29, 1.82) is 0 Å². The van der Waals surface area contributed by atoms with Crippen molar-refractivity contribution in [2.75, 3.05) is 0 Å². The fourth-order valence-corrected chi connectivity index (χ4v) is 2.72. The summed E-state index contributed by atoms with van der Waals surface area (Å²) in [5.41, 5.74) is 3.27. The number of amides is 2. The van der Waals surface area contributed by atoms with Gasteiger partial charge < -0.3 is 5.11 Å². The third-order valence-electron chi connectivity index (χ3n) is 3.86. The number of carbonyl (C=O) groups excluding carboxylic acids is 2. The lowest BCUT2D eigenvalue weighted by molar-refractivity contribution is -0.138. The summed E-state index contributed by atoms with van der Waals surface area (Å²) in [6, 6.07) is 9.04. The van der Waals surface area contributed by atoms with Gasteiger partial charge in [-0.2, -0.15) is 0 Å². The molecule has 0 saturated carbocycles. The largest absolute Gasteiger partial charge is 0.502 e. The first kappa shape index (κ1) is 15.0. The standard InChI is InChI=1S/C18H16N2O3/c1-11-5-6-14(12(2)8-11)15-16(21)18(23)20(17(15)22)10-13-4-3-7-19-9-13/h3-9,21H,10H2,1-2H3. The van der Waals surface area contributed by atoms with E-state index in [1.54, 1.807) is 30.6 Å². The Hall–Kier alpha value is -2.95. The molecule has 0 radical (unpaired) electrons. The molecule has 0 bridgehead atoms. The summed E-state index contributed by atoms with van der Waals surface area (Å²) < 4.78 is 0. The number of aliphatic hydroxyl groups is 1. The van der Waals surface area contributed by atoms with Gasteiger partial charge >= 0.3 is 0 Å². The van der Waals surface area contributed by atoms with Crippen molar-refractivity contribution in [3.05, 3.63) is 70.7 Å².